The highest BCUT2D eigenvalue weighted by Crippen LogP contribution is 2.17. The molecule has 0 amide bonds. The van der Waals surface area contributed by atoms with Crippen LogP contribution in [0.1, 0.15) is 15.9 Å². The Balaban J connectivity index is 3.10. The van der Waals surface area contributed by atoms with Crippen molar-refractivity contribution in [2.24, 2.45) is 5.73 Å². The van der Waals surface area contributed by atoms with Gasteiger partial charge in [0.2, 0.25) is 0 Å². The van der Waals surface area contributed by atoms with Gasteiger partial charge in [-0.1, -0.05) is 6.07 Å². The molecule has 0 saturated carbocycles. The maximum Gasteiger partial charge on any atom is 0.153 e. The fourth-order valence-corrected chi connectivity index (χ4v) is 0.980. The third-order valence-corrected chi connectivity index (χ3v) is 1.66. The Morgan fingerprint density at radius 2 is 2.33 bits per heavy atom. The Morgan fingerprint density at radius 3 is 2.83 bits per heavy atom. The van der Waals surface area contributed by atoms with Gasteiger partial charge in [0, 0.05) is 6.54 Å². The predicted molar refractivity (Wildman–Crippen MR) is 46.3 cm³/mol. The molecule has 0 aliphatic rings. The van der Waals surface area contributed by atoms with E-state index in [1.165, 1.54) is 7.11 Å². The van der Waals surface area contributed by atoms with Crippen molar-refractivity contribution in [1.29, 1.82) is 0 Å². The Labute approximate surface area is 71.1 Å². The predicted octanol–water partition coefficient (Wildman–Crippen LogP) is 0.966. The molecule has 0 unspecified atom stereocenters. The molecule has 64 valence electrons. The SMILES string of the molecule is COc1cc(CN)ccc1C=O. The van der Waals surface area contributed by atoms with Gasteiger partial charge < -0.3 is 10.5 Å². The number of aldehydes is 1. The summed E-state index contributed by atoms with van der Waals surface area (Å²) in [5.41, 5.74) is 6.93. The summed E-state index contributed by atoms with van der Waals surface area (Å²) in [6.45, 7) is 0.454. The van der Waals surface area contributed by atoms with Crippen LogP contribution < -0.4 is 10.5 Å². The van der Waals surface area contributed by atoms with Crippen molar-refractivity contribution in [1.82, 2.24) is 0 Å². The van der Waals surface area contributed by atoms with Gasteiger partial charge in [-0.25, -0.2) is 0 Å². The van der Waals surface area contributed by atoms with Crippen LogP contribution in [0.2, 0.25) is 0 Å². The van der Waals surface area contributed by atoms with E-state index in [1.54, 1.807) is 12.1 Å². The minimum atomic E-state index is 0.454. The van der Waals surface area contributed by atoms with Crippen LogP contribution in [0.5, 0.6) is 5.75 Å². The summed E-state index contributed by atoms with van der Waals surface area (Å²) in [6, 6.07) is 5.28. The van der Waals surface area contributed by atoms with E-state index in [0.29, 0.717) is 17.9 Å². The average Bonchev–Trinajstić information content (AvgIpc) is 2.16. The molecule has 1 aromatic rings. The van der Waals surface area contributed by atoms with Gasteiger partial charge in [0.1, 0.15) is 5.75 Å². The highest BCUT2D eigenvalue weighted by Gasteiger charge is 2.01. The van der Waals surface area contributed by atoms with Crippen LogP contribution in [0.25, 0.3) is 0 Å². The summed E-state index contributed by atoms with van der Waals surface area (Å²) in [4.78, 5) is 10.5. The molecule has 12 heavy (non-hydrogen) atoms. The zero-order valence-electron chi connectivity index (χ0n) is 6.91. The second-order valence-electron chi connectivity index (χ2n) is 2.40. The van der Waals surface area contributed by atoms with E-state index in [9.17, 15) is 4.79 Å². The molecule has 0 aliphatic heterocycles. The van der Waals surface area contributed by atoms with Gasteiger partial charge in [-0.2, -0.15) is 0 Å². The van der Waals surface area contributed by atoms with Crippen LogP contribution in [0.3, 0.4) is 0 Å². The normalized spacial score (nSPS) is 9.50. The lowest BCUT2D eigenvalue weighted by Crippen LogP contribution is -1.98. The van der Waals surface area contributed by atoms with Gasteiger partial charge in [-0.3, -0.25) is 4.79 Å². The van der Waals surface area contributed by atoms with E-state index < -0.39 is 0 Å². The van der Waals surface area contributed by atoms with Gasteiger partial charge in [-0.05, 0) is 17.7 Å². The third-order valence-electron chi connectivity index (χ3n) is 1.66. The second kappa shape index (κ2) is 3.88. The van der Waals surface area contributed by atoms with E-state index in [2.05, 4.69) is 0 Å². The van der Waals surface area contributed by atoms with E-state index >= 15 is 0 Å². The molecule has 3 nitrogen and oxygen atoms in total. The molecule has 2 N–H and O–H groups in total. The first kappa shape index (κ1) is 8.74. The molecule has 1 aromatic carbocycles. The zero-order chi connectivity index (χ0) is 8.97. The molecule has 0 saturated heterocycles. The molecule has 0 radical (unpaired) electrons. The molecule has 0 atom stereocenters. The second-order valence-corrected chi connectivity index (χ2v) is 2.40. The molecular weight excluding hydrogens is 154 g/mol. The van der Waals surface area contributed by atoms with Crippen molar-refractivity contribution < 1.29 is 9.53 Å². The van der Waals surface area contributed by atoms with Gasteiger partial charge in [0.05, 0.1) is 12.7 Å². The highest BCUT2D eigenvalue weighted by atomic mass is 16.5. The monoisotopic (exact) mass is 165 g/mol. The highest BCUT2D eigenvalue weighted by molar-refractivity contribution is 5.79. The van der Waals surface area contributed by atoms with Crippen LogP contribution in [-0.2, 0) is 6.54 Å². The van der Waals surface area contributed by atoms with Crippen LogP contribution in [0, 0.1) is 0 Å². The lowest BCUT2D eigenvalue weighted by molar-refractivity contribution is 0.112. The number of carbonyl (C=O) groups is 1. The van der Waals surface area contributed by atoms with E-state index in [0.717, 1.165) is 11.8 Å². The van der Waals surface area contributed by atoms with Crippen molar-refractivity contribution in [3.8, 4) is 5.75 Å². The van der Waals surface area contributed by atoms with E-state index in [4.69, 9.17) is 10.5 Å². The lowest BCUT2D eigenvalue weighted by atomic mass is 10.1. The number of benzene rings is 1. The molecular formula is C9H11NO2. The summed E-state index contributed by atoms with van der Waals surface area (Å²) >= 11 is 0. The summed E-state index contributed by atoms with van der Waals surface area (Å²) < 4.78 is 4.99. The largest absolute Gasteiger partial charge is 0.496 e. The number of hydrogen-bond donors (Lipinski definition) is 1. The average molecular weight is 165 g/mol. The Kier molecular flexibility index (Phi) is 2.82. The van der Waals surface area contributed by atoms with Crippen molar-refractivity contribution in [3.63, 3.8) is 0 Å². The zero-order valence-corrected chi connectivity index (χ0v) is 6.91. The summed E-state index contributed by atoms with van der Waals surface area (Å²) in [5, 5.41) is 0. The first-order chi connectivity index (χ1) is 5.81. The van der Waals surface area contributed by atoms with Crippen LogP contribution in [0.15, 0.2) is 18.2 Å². The lowest BCUT2D eigenvalue weighted by Gasteiger charge is -2.04. The molecule has 0 fully saturated rings. The van der Waals surface area contributed by atoms with Crippen molar-refractivity contribution in [2.45, 2.75) is 6.54 Å². The quantitative estimate of drug-likeness (QED) is 0.679. The molecule has 0 aromatic heterocycles. The topological polar surface area (TPSA) is 52.3 Å². The van der Waals surface area contributed by atoms with Crippen LogP contribution in [-0.4, -0.2) is 13.4 Å². The number of ether oxygens (including phenoxy) is 1. The minimum absolute atomic E-state index is 0.454. The van der Waals surface area contributed by atoms with Gasteiger partial charge in [0.25, 0.3) is 0 Å². The fourth-order valence-electron chi connectivity index (χ4n) is 0.980. The summed E-state index contributed by atoms with van der Waals surface area (Å²) in [5.74, 6) is 0.577. The first-order valence-corrected chi connectivity index (χ1v) is 3.64. The van der Waals surface area contributed by atoms with Gasteiger partial charge in [0.15, 0.2) is 6.29 Å². The summed E-state index contributed by atoms with van der Waals surface area (Å²) in [6.07, 6.45) is 0.763. The number of methoxy groups -OCH3 is 1. The molecule has 0 aliphatic carbocycles. The standard InChI is InChI=1S/C9H11NO2/c1-12-9-4-7(5-10)2-3-8(9)6-11/h2-4,6H,5,10H2,1H3. The Hall–Kier alpha value is -1.35. The van der Waals surface area contributed by atoms with Gasteiger partial charge in [-0.15, -0.1) is 0 Å². The number of nitrogens with two attached hydrogens (primary N) is 1. The fraction of sp³-hybridized carbons (Fsp3) is 0.222. The molecule has 1 rings (SSSR count). The van der Waals surface area contributed by atoms with Crippen molar-refractivity contribution in [3.05, 3.63) is 29.3 Å². The van der Waals surface area contributed by atoms with E-state index in [-0.39, 0.29) is 0 Å². The van der Waals surface area contributed by atoms with Crippen LogP contribution in [0.4, 0.5) is 0 Å². The van der Waals surface area contributed by atoms with Crippen LogP contribution >= 0.6 is 0 Å². The maximum atomic E-state index is 10.5. The Morgan fingerprint density at radius 1 is 1.58 bits per heavy atom. The minimum Gasteiger partial charge on any atom is -0.496 e. The van der Waals surface area contributed by atoms with Crippen molar-refractivity contribution >= 4 is 6.29 Å². The molecule has 0 spiro atoms. The molecule has 3 heteroatoms. The first-order valence-electron chi connectivity index (χ1n) is 3.64. The third kappa shape index (κ3) is 1.62. The summed E-state index contributed by atoms with van der Waals surface area (Å²) in [7, 11) is 1.53. The smallest absolute Gasteiger partial charge is 0.153 e. The number of carbonyl (C=O) groups excluding carboxylic acids is 1. The molecule has 0 bridgehead atoms. The molecule has 0 heterocycles. The number of rotatable bonds is 3. The van der Waals surface area contributed by atoms with Crippen molar-refractivity contribution in [2.75, 3.05) is 7.11 Å². The van der Waals surface area contributed by atoms with Gasteiger partial charge >= 0.3 is 0 Å². The Bertz CT molecular complexity index is 284. The number of hydrogen-bond acceptors (Lipinski definition) is 3. The van der Waals surface area contributed by atoms with E-state index in [1.807, 2.05) is 6.07 Å². The maximum absolute atomic E-state index is 10.5.